The van der Waals surface area contributed by atoms with Gasteiger partial charge >= 0.3 is 5.97 Å². The molecule has 0 aromatic rings. The highest BCUT2D eigenvalue weighted by molar-refractivity contribution is 5.77. The van der Waals surface area contributed by atoms with Gasteiger partial charge in [-0.05, 0) is 44.9 Å². The number of aliphatic hydroxyl groups is 2. The zero-order valence-corrected chi connectivity index (χ0v) is 37.0. The first-order valence-corrected chi connectivity index (χ1v) is 23.9. The molecule has 1 amide bonds. The van der Waals surface area contributed by atoms with Crippen molar-refractivity contribution in [3.8, 4) is 0 Å². The van der Waals surface area contributed by atoms with Crippen LogP contribution >= 0.6 is 0 Å². The second-order valence-corrected chi connectivity index (χ2v) is 16.2. The molecule has 0 bridgehead atoms. The van der Waals surface area contributed by atoms with Crippen molar-refractivity contribution < 1.29 is 24.5 Å². The Morgan fingerprint density at radius 3 is 1.46 bits per heavy atom. The van der Waals surface area contributed by atoms with Gasteiger partial charge in [-0.3, -0.25) is 9.59 Å². The number of amides is 1. The standard InChI is InChI=1S/C50H91NO5/c1-4-7-10-13-16-19-22-24-25-26-28-31-34-37-40-43-50(55)56-46(41-38-35-32-29-21-18-15-12-9-6-3)44-49(54)51-47(45-52)48(53)42-39-36-33-30-27-23-20-17-14-11-8-5-2/h7,10,13,16,19,22,24-25,46-48,52-53H,4-6,8-9,11-12,14-15,17-18,20-21,23,26-45H2,1-3H3,(H,51,54)/b10-7+,16-13+,22-19+,25-24-. The van der Waals surface area contributed by atoms with Gasteiger partial charge in [0.15, 0.2) is 0 Å². The number of ether oxygens (including phenoxy) is 1. The maximum atomic E-state index is 13.1. The normalized spacial score (nSPS) is 13.7. The van der Waals surface area contributed by atoms with E-state index in [2.05, 4.69) is 56.5 Å². The summed E-state index contributed by atoms with van der Waals surface area (Å²) in [6.45, 7) is 6.32. The molecule has 0 heterocycles. The van der Waals surface area contributed by atoms with Crippen LogP contribution in [-0.2, 0) is 14.3 Å². The molecule has 0 aromatic heterocycles. The SMILES string of the molecule is CC/C=C/C=C/C=C/C=C\CCCCCCCC(=O)OC(CCCCCCCCCCCC)CC(=O)NC(CO)C(O)CCCCCCCCCCCCCC. The molecule has 0 aliphatic carbocycles. The first kappa shape index (κ1) is 53.8. The molecule has 0 radical (unpaired) electrons. The summed E-state index contributed by atoms with van der Waals surface area (Å²) in [5.74, 6) is -0.498. The van der Waals surface area contributed by atoms with Crippen LogP contribution in [0.4, 0.5) is 0 Å². The molecule has 0 saturated heterocycles. The second-order valence-electron chi connectivity index (χ2n) is 16.2. The van der Waals surface area contributed by atoms with Gasteiger partial charge in [0.1, 0.15) is 6.10 Å². The molecular weight excluding hydrogens is 695 g/mol. The van der Waals surface area contributed by atoms with Crippen molar-refractivity contribution >= 4 is 11.9 Å². The summed E-state index contributed by atoms with van der Waals surface area (Å²) in [4.78, 5) is 26.0. The van der Waals surface area contributed by atoms with Crippen LogP contribution in [0.25, 0.3) is 0 Å². The number of allylic oxidation sites excluding steroid dienone is 8. The van der Waals surface area contributed by atoms with E-state index in [-0.39, 0.29) is 24.9 Å². The molecule has 0 aliphatic heterocycles. The van der Waals surface area contributed by atoms with E-state index in [0.717, 1.165) is 77.0 Å². The molecule has 3 N–H and O–H groups in total. The Kier molecular flexibility index (Phi) is 42.2. The quantitative estimate of drug-likeness (QED) is 0.0325. The van der Waals surface area contributed by atoms with Crippen LogP contribution in [0.2, 0.25) is 0 Å². The van der Waals surface area contributed by atoms with Crippen molar-refractivity contribution in [2.75, 3.05) is 6.61 Å². The van der Waals surface area contributed by atoms with E-state index < -0.39 is 18.2 Å². The molecule has 6 heteroatoms. The molecule has 0 spiro atoms. The lowest BCUT2D eigenvalue weighted by molar-refractivity contribution is -0.151. The Balaban J connectivity index is 4.57. The minimum Gasteiger partial charge on any atom is -0.462 e. The van der Waals surface area contributed by atoms with E-state index >= 15 is 0 Å². The third-order valence-electron chi connectivity index (χ3n) is 10.8. The number of nitrogens with one attached hydrogen (secondary N) is 1. The van der Waals surface area contributed by atoms with Gasteiger partial charge in [-0.1, -0.05) is 223 Å². The highest BCUT2D eigenvalue weighted by Gasteiger charge is 2.24. The van der Waals surface area contributed by atoms with Gasteiger partial charge in [0.2, 0.25) is 5.91 Å². The summed E-state index contributed by atoms with van der Waals surface area (Å²) in [7, 11) is 0. The first-order chi connectivity index (χ1) is 27.5. The van der Waals surface area contributed by atoms with Crippen LogP contribution in [0.15, 0.2) is 48.6 Å². The Bertz CT molecular complexity index is 972. The Morgan fingerprint density at radius 1 is 0.536 bits per heavy atom. The smallest absolute Gasteiger partial charge is 0.306 e. The van der Waals surface area contributed by atoms with Gasteiger partial charge in [-0.25, -0.2) is 0 Å². The zero-order chi connectivity index (χ0) is 41.0. The number of carbonyl (C=O) groups is 2. The molecule has 0 aromatic carbocycles. The van der Waals surface area contributed by atoms with Crippen LogP contribution in [-0.4, -0.2) is 46.9 Å². The largest absolute Gasteiger partial charge is 0.462 e. The molecule has 56 heavy (non-hydrogen) atoms. The lowest BCUT2D eigenvalue weighted by atomic mass is 10.0. The second kappa shape index (κ2) is 43.9. The van der Waals surface area contributed by atoms with E-state index in [1.165, 1.54) is 109 Å². The maximum absolute atomic E-state index is 13.1. The number of rotatable bonds is 42. The van der Waals surface area contributed by atoms with E-state index in [0.29, 0.717) is 19.3 Å². The molecular formula is C50H91NO5. The summed E-state index contributed by atoms with van der Waals surface area (Å²) in [6.07, 6.45) is 51.6. The number of hydrogen-bond donors (Lipinski definition) is 3. The van der Waals surface area contributed by atoms with Crippen molar-refractivity contribution in [2.45, 2.75) is 251 Å². The predicted molar refractivity (Wildman–Crippen MR) is 241 cm³/mol. The van der Waals surface area contributed by atoms with Crippen LogP contribution in [0.1, 0.15) is 233 Å². The summed E-state index contributed by atoms with van der Waals surface area (Å²) in [6, 6.07) is -0.703. The van der Waals surface area contributed by atoms with E-state index in [9.17, 15) is 19.8 Å². The zero-order valence-electron chi connectivity index (χ0n) is 37.0. The summed E-state index contributed by atoms with van der Waals surface area (Å²) in [5, 5.41) is 23.7. The molecule has 6 nitrogen and oxygen atoms in total. The van der Waals surface area contributed by atoms with E-state index in [4.69, 9.17) is 4.74 Å². The molecule has 3 atom stereocenters. The Hall–Kier alpha value is -2.18. The summed E-state index contributed by atoms with van der Waals surface area (Å²) in [5.41, 5.74) is 0. The lowest BCUT2D eigenvalue weighted by Crippen LogP contribution is -2.46. The third kappa shape index (κ3) is 38.7. The topological polar surface area (TPSA) is 95.9 Å². The molecule has 0 aliphatic rings. The van der Waals surface area contributed by atoms with Crippen molar-refractivity contribution in [3.63, 3.8) is 0 Å². The van der Waals surface area contributed by atoms with Crippen molar-refractivity contribution in [1.82, 2.24) is 5.32 Å². The fraction of sp³-hybridized carbons (Fsp3) is 0.800. The Labute approximate surface area is 346 Å². The van der Waals surface area contributed by atoms with Crippen molar-refractivity contribution in [2.24, 2.45) is 0 Å². The number of hydrogen-bond acceptors (Lipinski definition) is 5. The molecule has 326 valence electrons. The highest BCUT2D eigenvalue weighted by atomic mass is 16.5. The third-order valence-corrected chi connectivity index (χ3v) is 10.8. The lowest BCUT2D eigenvalue weighted by Gasteiger charge is -2.24. The number of unbranched alkanes of at least 4 members (excludes halogenated alkanes) is 25. The van der Waals surface area contributed by atoms with Gasteiger partial charge in [0.25, 0.3) is 0 Å². The minimum absolute atomic E-state index is 0.0693. The van der Waals surface area contributed by atoms with Crippen LogP contribution in [0.3, 0.4) is 0 Å². The van der Waals surface area contributed by atoms with Crippen LogP contribution in [0, 0.1) is 0 Å². The number of carbonyl (C=O) groups excluding carboxylic acids is 2. The fourth-order valence-corrected chi connectivity index (χ4v) is 7.15. The minimum atomic E-state index is -0.789. The molecule has 0 fully saturated rings. The van der Waals surface area contributed by atoms with Gasteiger partial charge in [0.05, 0.1) is 25.2 Å². The number of aliphatic hydroxyl groups excluding tert-OH is 2. The van der Waals surface area contributed by atoms with Gasteiger partial charge in [-0.2, -0.15) is 0 Å². The van der Waals surface area contributed by atoms with Gasteiger partial charge in [-0.15, -0.1) is 0 Å². The van der Waals surface area contributed by atoms with E-state index in [1.54, 1.807) is 0 Å². The molecule has 0 rings (SSSR count). The first-order valence-electron chi connectivity index (χ1n) is 23.9. The van der Waals surface area contributed by atoms with Gasteiger partial charge < -0.3 is 20.3 Å². The predicted octanol–water partition coefficient (Wildman–Crippen LogP) is 13.9. The highest BCUT2D eigenvalue weighted by Crippen LogP contribution is 2.18. The van der Waals surface area contributed by atoms with E-state index in [1.807, 2.05) is 18.2 Å². The average molecular weight is 786 g/mol. The maximum Gasteiger partial charge on any atom is 0.306 e. The van der Waals surface area contributed by atoms with Crippen molar-refractivity contribution in [1.29, 1.82) is 0 Å². The van der Waals surface area contributed by atoms with Crippen molar-refractivity contribution in [3.05, 3.63) is 48.6 Å². The summed E-state index contributed by atoms with van der Waals surface area (Å²) < 4.78 is 5.90. The number of esters is 1. The van der Waals surface area contributed by atoms with Gasteiger partial charge in [0, 0.05) is 6.42 Å². The van der Waals surface area contributed by atoms with Crippen LogP contribution < -0.4 is 5.32 Å². The summed E-state index contributed by atoms with van der Waals surface area (Å²) >= 11 is 0. The van der Waals surface area contributed by atoms with Crippen LogP contribution in [0.5, 0.6) is 0 Å². The monoisotopic (exact) mass is 786 g/mol. The molecule has 3 unspecified atom stereocenters. The fourth-order valence-electron chi connectivity index (χ4n) is 7.15. The average Bonchev–Trinajstić information content (AvgIpc) is 3.19. The Morgan fingerprint density at radius 2 is 0.964 bits per heavy atom. The molecule has 0 saturated carbocycles.